The Morgan fingerprint density at radius 1 is 1.41 bits per heavy atom. The third kappa shape index (κ3) is 4.20. The maximum Gasteiger partial charge on any atom is 0.176 e. The second-order valence-electron chi connectivity index (χ2n) is 5.86. The third-order valence-corrected chi connectivity index (χ3v) is 5.75. The molecule has 7 heteroatoms. The second kappa shape index (κ2) is 6.84. The summed E-state index contributed by atoms with van der Waals surface area (Å²) in [6.07, 6.45) is 2.35. The quantitative estimate of drug-likeness (QED) is 0.849. The van der Waals surface area contributed by atoms with Gasteiger partial charge in [0.25, 0.3) is 0 Å². The fourth-order valence-electron chi connectivity index (χ4n) is 2.57. The Bertz CT molecular complexity index is 626. The number of hydrogen-bond donors (Lipinski definition) is 2. The van der Waals surface area contributed by atoms with Crippen LogP contribution in [0.3, 0.4) is 0 Å². The van der Waals surface area contributed by atoms with E-state index in [9.17, 15) is 13.5 Å². The number of aliphatic hydroxyl groups is 1. The Hall–Kier alpha value is -0.660. The minimum atomic E-state index is -3.31. The van der Waals surface area contributed by atoms with Gasteiger partial charge in [0, 0.05) is 44.9 Å². The number of rotatable bonds is 5. The number of nitrogens with one attached hydrogen (secondary N) is 1. The summed E-state index contributed by atoms with van der Waals surface area (Å²) in [7, 11) is -3.31. The second-order valence-corrected chi connectivity index (χ2v) is 8.25. The summed E-state index contributed by atoms with van der Waals surface area (Å²) in [6, 6.07) is 4.80. The molecule has 2 rings (SSSR count). The minimum Gasteiger partial charge on any atom is -0.388 e. The van der Waals surface area contributed by atoms with Crippen molar-refractivity contribution in [1.82, 2.24) is 5.32 Å². The third-order valence-electron chi connectivity index (χ3n) is 4.17. The van der Waals surface area contributed by atoms with Gasteiger partial charge in [-0.15, -0.1) is 0 Å². The number of benzene rings is 1. The molecular weight excluding hydrogens is 326 g/mol. The molecule has 0 saturated carbocycles. The van der Waals surface area contributed by atoms with E-state index in [1.807, 2.05) is 6.92 Å². The molecule has 0 aromatic heterocycles. The molecule has 0 bridgehead atoms. The summed E-state index contributed by atoms with van der Waals surface area (Å²) in [5.41, 5.74) is 0.106. The van der Waals surface area contributed by atoms with Gasteiger partial charge in [0.05, 0.1) is 15.5 Å². The van der Waals surface area contributed by atoms with Crippen LogP contribution < -0.4 is 5.32 Å². The summed E-state index contributed by atoms with van der Waals surface area (Å²) < 4.78 is 28.3. The molecule has 1 atom stereocenters. The Kier molecular flexibility index (Phi) is 5.50. The Balaban J connectivity index is 2.01. The lowest BCUT2D eigenvalue weighted by Crippen LogP contribution is -2.51. The summed E-state index contributed by atoms with van der Waals surface area (Å²) in [6.45, 7) is 3.58. The molecule has 1 saturated heterocycles. The zero-order chi connectivity index (χ0) is 16.4. The molecule has 1 fully saturated rings. The van der Waals surface area contributed by atoms with E-state index in [1.54, 1.807) is 12.1 Å². The molecule has 1 aromatic rings. The van der Waals surface area contributed by atoms with Gasteiger partial charge in [0.15, 0.2) is 9.84 Å². The van der Waals surface area contributed by atoms with E-state index in [4.69, 9.17) is 16.3 Å². The van der Waals surface area contributed by atoms with Gasteiger partial charge in [0.2, 0.25) is 0 Å². The Morgan fingerprint density at radius 2 is 2.05 bits per heavy atom. The van der Waals surface area contributed by atoms with E-state index in [1.165, 1.54) is 6.07 Å². The Morgan fingerprint density at radius 3 is 2.59 bits per heavy atom. The molecule has 1 aliphatic rings. The van der Waals surface area contributed by atoms with Crippen LogP contribution in [0.25, 0.3) is 0 Å². The molecular formula is C15H22ClNO4S. The van der Waals surface area contributed by atoms with E-state index in [0.29, 0.717) is 32.6 Å². The molecule has 1 aliphatic heterocycles. The SMILES string of the molecule is CC(NCc1ccc(S(C)(=O)=O)c(Cl)c1)C1(O)CCOCC1. The predicted octanol–water partition coefficient (Wildman–Crippen LogP) is 1.76. The van der Waals surface area contributed by atoms with E-state index in [-0.39, 0.29) is 16.0 Å². The van der Waals surface area contributed by atoms with Crippen LogP contribution in [0, 0.1) is 0 Å². The molecule has 22 heavy (non-hydrogen) atoms. The van der Waals surface area contributed by atoms with Crippen LogP contribution in [0.5, 0.6) is 0 Å². The summed E-state index contributed by atoms with van der Waals surface area (Å²) in [5, 5.41) is 14.1. The van der Waals surface area contributed by atoms with Gasteiger partial charge in [-0.2, -0.15) is 0 Å². The van der Waals surface area contributed by atoms with Crippen LogP contribution in [0.1, 0.15) is 25.3 Å². The van der Waals surface area contributed by atoms with Crippen LogP contribution in [0.15, 0.2) is 23.1 Å². The molecule has 2 N–H and O–H groups in total. The Labute approximate surface area is 136 Å². The van der Waals surface area contributed by atoms with Crippen molar-refractivity contribution in [1.29, 1.82) is 0 Å². The first-order valence-corrected chi connectivity index (χ1v) is 9.51. The summed E-state index contributed by atoms with van der Waals surface area (Å²) in [4.78, 5) is 0.133. The van der Waals surface area contributed by atoms with Crippen molar-refractivity contribution in [2.75, 3.05) is 19.5 Å². The summed E-state index contributed by atoms with van der Waals surface area (Å²) in [5.74, 6) is 0. The highest BCUT2D eigenvalue weighted by Gasteiger charge is 2.35. The van der Waals surface area contributed by atoms with Crippen molar-refractivity contribution >= 4 is 21.4 Å². The van der Waals surface area contributed by atoms with Crippen molar-refractivity contribution in [3.8, 4) is 0 Å². The highest BCUT2D eigenvalue weighted by molar-refractivity contribution is 7.90. The van der Waals surface area contributed by atoms with Crippen molar-refractivity contribution in [3.63, 3.8) is 0 Å². The molecule has 124 valence electrons. The molecule has 0 aliphatic carbocycles. The van der Waals surface area contributed by atoms with Gasteiger partial charge >= 0.3 is 0 Å². The van der Waals surface area contributed by atoms with Gasteiger partial charge in [-0.05, 0) is 24.6 Å². The predicted molar refractivity (Wildman–Crippen MR) is 85.9 cm³/mol. The van der Waals surface area contributed by atoms with E-state index < -0.39 is 15.4 Å². The first-order chi connectivity index (χ1) is 10.2. The fourth-order valence-corrected chi connectivity index (χ4v) is 3.93. The van der Waals surface area contributed by atoms with E-state index in [0.717, 1.165) is 11.8 Å². The van der Waals surface area contributed by atoms with Crippen molar-refractivity contribution in [2.45, 2.75) is 42.8 Å². The molecule has 5 nitrogen and oxygen atoms in total. The van der Waals surface area contributed by atoms with Crippen LogP contribution >= 0.6 is 11.6 Å². The average molecular weight is 348 g/mol. The highest BCUT2D eigenvalue weighted by Crippen LogP contribution is 2.25. The standard InChI is InChI=1S/C15H22ClNO4S/c1-11(15(18)5-7-21-8-6-15)17-10-12-3-4-14(13(16)9-12)22(2,19)20/h3-4,9,11,17-18H,5-8,10H2,1-2H3. The van der Waals surface area contributed by atoms with Crippen molar-refractivity contribution in [3.05, 3.63) is 28.8 Å². The van der Waals surface area contributed by atoms with E-state index in [2.05, 4.69) is 5.32 Å². The van der Waals surface area contributed by atoms with Crippen molar-refractivity contribution < 1.29 is 18.3 Å². The highest BCUT2D eigenvalue weighted by atomic mass is 35.5. The first-order valence-electron chi connectivity index (χ1n) is 7.24. The van der Waals surface area contributed by atoms with Gasteiger partial charge in [0.1, 0.15) is 0 Å². The molecule has 0 radical (unpaired) electrons. The van der Waals surface area contributed by atoms with E-state index >= 15 is 0 Å². The fraction of sp³-hybridized carbons (Fsp3) is 0.600. The van der Waals surface area contributed by atoms with Gasteiger partial charge in [-0.1, -0.05) is 17.7 Å². The number of halogens is 1. The van der Waals surface area contributed by atoms with Crippen LogP contribution in [-0.4, -0.2) is 44.6 Å². The first kappa shape index (κ1) is 17.7. The summed E-state index contributed by atoms with van der Waals surface area (Å²) >= 11 is 6.03. The normalized spacial score (nSPS) is 19.8. The van der Waals surface area contributed by atoms with Crippen molar-refractivity contribution in [2.24, 2.45) is 0 Å². The van der Waals surface area contributed by atoms with Crippen LogP contribution in [0.2, 0.25) is 5.02 Å². The lowest BCUT2D eigenvalue weighted by Gasteiger charge is -2.37. The largest absolute Gasteiger partial charge is 0.388 e. The minimum absolute atomic E-state index is 0.0928. The monoisotopic (exact) mass is 347 g/mol. The molecule has 1 unspecified atom stereocenters. The van der Waals surface area contributed by atoms with Gasteiger partial charge in [-0.25, -0.2) is 8.42 Å². The van der Waals surface area contributed by atoms with Gasteiger partial charge < -0.3 is 15.2 Å². The molecule has 0 spiro atoms. The molecule has 1 heterocycles. The number of hydrogen-bond acceptors (Lipinski definition) is 5. The maximum atomic E-state index is 11.5. The lowest BCUT2D eigenvalue weighted by atomic mass is 9.87. The number of sulfone groups is 1. The zero-order valence-corrected chi connectivity index (χ0v) is 14.4. The zero-order valence-electron chi connectivity index (χ0n) is 12.8. The lowest BCUT2D eigenvalue weighted by molar-refractivity contribution is -0.0819. The average Bonchev–Trinajstić information content (AvgIpc) is 2.44. The molecule has 1 aromatic carbocycles. The van der Waals surface area contributed by atoms with Crippen LogP contribution in [-0.2, 0) is 21.1 Å². The van der Waals surface area contributed by atoms with Crippen LogP contribution in [0.4, 0.5) is 0 Å². The molecule has 0 amide bonds. The van der Waals surface area contributed by atoms with Gasteiger partial charge in [-0.3, -0.25) is 0 Å². The maximum absolute atomic E-state index is 11.5. The smallest absolute Gasteiger partial charge is 0.176 e. The number of ether oxygens (including phenoxy) is 1. The topological polar surface area (TPSA) is 75.6 Å².